The summed E-state index contributed by atoms with van der Waals surface area (Å²) in [6.45, 7) is 1.75. The Morgan fingerprint density at radius 2 is 1.93 bits per heavy atom. The second-order valence-electron chi connectivity index (χ2n) is 8.17. The quantitative estimate of drug-likeness (QED) is 0.803. The van der Waals surface area contributed by atoms with Crippen molar-refractivity contribution >= 4 is 32.6 Å². The van der Waals surface area contributed by atoms with Gasteiger partial charge in [-0.25, -0.2) is 4.98 Å². The summed E-state index contributed by atoms with van der Waals surface area (Å²) in [5, 5.41) is 4.39. The van der Waals surface area contributed by atoms with Gasteiger partial charge in [0.25, 0.3) is 0 Å². The molecule has 0 bridgehead atoms. The van der Waals surface area contributed by atoms with E-state index in [1.165, 1.54) is 32.1 Å². The minimum absolute atomic E-state index is 0.0701. The molecule has 0 radical (unpaired) electrons. The summed E-state index contributed by atoms with van der Waals surface area (Å²) in [5.41, 5.74) is 1.00. The third-order valence-corrected chi connectivity index (χ3v) is 7.18. The van der Waals surface area contributed by atoms with Crippen LogP contribution in [0.15, 0.2) is 18.2 Å². The van der Waals surface area contributed by atoms with Crippen molar-refractivity contribution in [1.29, 1.82) is 0 Å². The molecule has 1 aromatic carbocycles. The number of fused-ring (bicyclic) bond motifs is 1. The van der Waals surface area contributed by atoms with Crippen LogP contribution < -0.4 is 15.0 Å². The maximum atomic E-state index is 12.9. The highest BCUT2D eigenvalue weighted by Gasteiger charge is 2.28. The summed E-state index contributed by atoms with van der Waals surface area (Å²) < 4.78 is 6.46. The molecule has 2 heterocycles. The summed E-state index contributed by atoms with van der Waals surface area (Å²) in [6, 6.07) is 6.38. The lowest BCUT2D eigenvalue weighted by Gasteiger charge is -2.33. The number of anilines is 1. The number of ether oxygens (including phenoxy) is 1. The topological polar surface area (TPSA) is 54.5 Å². The van der Waals surface area contributed by atoms with Crippen LogP contribution in [0.5, 0.6) is 5.75 Å². The molecule has 0 unspecified atom stereocenters. The first-order chi connectivity index (χ1) is 13.7. The predicted molar refractivity (Wildman–Crippen MR) is 115 cm³/mol. The third-order valence-electron chi connectivity index (χ3n) is 6.10. The number of nitrogens with zero attached hydrogens (tertiary/aromatic N) is 2. The van der Waals surface area contributed by atoms with E-state index in [2.05, 4.69) is 10.2 Å². The van der Waals surface area contributed by atoms with Crippen LogP contribution in [0.25, 0.3) is 10.2 Å². The van der Waals surface area contributed by atoms with Crippen LogP contribution in [0, 0.1) is 5.92 Å². The van der Waals surface area contributed by atoms with Crippen LogP contribution in [-0.4, -0.2) is 37.1 Å². The maximum Gasteiger partial charge on any atom is 0.225 e. The van der Waals surface area contributed by atoms with Gasteiger partial charge >= 0.3 is 0 Å². The average Bonchev–Trinajstić information content (AvgIpc) is 3.13. The van der Waals surface area contributed by atoms with Crippen LogP contribution in [0.1, 0.15) is 57.8 Å². The summed E-state index contributed by atoms with van der Waals surface area (Å²) in [6.07, 6.45) is 10.8. The first-order valence-electron chi connectivity index (χ1n) is 10.7. The molecule has 1 saturated heterocycles. The van der Waals surface area contributed by atoms with Crippen molar-refractivity contribution < 1.29 is 9.53 Å². The molecule has 1 atom stereocenters. The number of carbonyl (C=O) groups excluding carboxylic acids is 1. The molecule has 4 rings (SSSR count). The maximum absolute atomic E-state index is 12.9. The molecule has 6 heteroatoms. The zero-order valence-corrected chi connectivity index (χ0v) is 17.6. The lowest BCUT2D eigenvalue weighted by Crippen LogP contribution is -2.46. The summed E-state index contributed by atoms with van der Waals surface area (Å²) in [4.78, 5) is 20.0. The molecule has 1 N–H and O–H groups in total. The van der Waals surface area contributed by atoms with Gasteiger partial charge in [-0.3, -0.25) is 4.79 Å². The minimum atomic E-state index is 0.0701. The van der Waals surface area contributed by atoms with Gasteiger partial charge in [0.1, 0.15) is 5.75 Å². The number of hydrogen-bond donors (Lipinski definition) is 1. The molecule has 2 fully saturated rings. The minimum Gasteiger partial charge on any atom is -0.497 e. The Bertz CT molecular complexity index is 798. The van der Waals surface area contributed by atoms with E-state index in [1.54, 1.807) is 18.4 Å². The zero-order chi connectivity index (χ0) is 19.3. The summed E-state index contributed by atoms with van der Waals surface area (Å²) in [7, 11) is 1.69. The largest absolute Gasteiger partial charge is 0.497 e. The van der Waals surface area contributed by atoms with Gasteiger partial charge in [0.2, 0.25) is 5.91 Å². The molecule has 1 amide bonds. The monoisotopic (exact) mass is 401 g/mol. The van der Waals surface area contributed by atoms with E-state index in [1.807, 2.05) is 18.2 Å². The molecule has 1 aliphatic carbocycles. The van der Waals surface area contributed by atoms with Crippen molar-refractivity contribution in [3.63, 3.8) is 0 Å². The van der Waals surface area contributed by atoms with E-state index in [-0.39, 0.29) is 11.8 Å². The number of aromatic nitrogens is 1. The van der Waals surface area contributed by atoms with E-state index in [0.717, 1.165) is 59.9 Å². The molecule has 5 nitrogen and oxygen atoms in total. The Labute approximate surface area is 171 Å². The fourth-order valence-corrected chi connectivity index (χ4v) is 5.47. The van der Waals surface area contributed by atoms with Crippen molar-refractivity contribution in [2.45, 2.75) is 63.8 Å². The number of carbonyl (C=O) groups is 1. The molecular weight excluding hydrogens is 370 g/mol. The van der Waals surface area contributed by atoms with Gasteiger partial charge in [-0.15, -0.1) is 0 Å². The first kappa shape index (κ1) is 19.5. The second kappa shape index (κ2) is 9.12. The van der Waals surface area contributed by atoms with Gasteiger partial charge in [-0.05, 0) is 43.9 Å². The summed E-state index contributed by atoms with van der Waals surface area (Å²) >= 11 is 1.69. The van der Waals surface area contributed by atoms with Gasteiger partial charge in [0, 0.05) is 19.1 Å². The van der Waals surface area contributed by atoms with Crippen LogP contribution in [0.2, 0.25) is 0 Å². The highest BCUT2D eigenvalue weighted by atomic mass is 32.1. The van der Waals surface area contributed by atoms with E-state index in [0.29, 0.717) is 6.04 Å². The average molecular weight is 402 g/mol. The molecule has 2 aliphatic rings. The van der Waals surface area contributed by atoms with Crippen molar-refractivity contribution in [3.8, 4) is 5.75 Å². The van der Waals surface area contributed by atoms with E-state index >= 15 is 0 Å². The number of amides is 1. The molecule has 0 spiro atoms. The van der Waals surface area contributed by atoms with E-state index in [4.69, 9.17) is 9.72 Å². The second-order valence-corrected chi connectivity index (χ2v) is 9.17. The fourth-order valence-electron chi connectivity index (χ4n) is 4.44. The normalized spacial score (nSPS) is 21.9. The molecule has 152 valence electrons. The van der Waals surface area contributed by atoms with Crippen LogP contribution in [0.4, 0.5) is 5.13 Å². The number of rotatable bonds is 4. The molecule has 28 heavy (non-hydrogen) atoms. The Morgan fingerprint density at radius 1 is 1.14 bits per heavy atom. The standard InChI is InChI=1S/C22H31N3O2S/c1-27-18-11-12-19-20(14-18)28-22(24-19)25-13-7-8-16(15-25)21(26)23-17-9-5-3-2-4-6-10-17/h11-12,14,16-17H,2-10,13,15H2,1H3,(H,23,26)/t16-/m0/s1. The van der Waals surface area contributed by atoms with Gasteiger partial charge < -0.3 is 15.0 Å². The Kier molecular flexibility index (Phi) is 6.35. The Hall–Kier alpha value is -1.82. The van der Waals surface area contributed by atoms with Gasteiger partial charge in [-0.2, -0.15) is 0 Å². The number of thiazole rings is 1. The third kappa shape index (κ3) is 4.59. The van der Waals surface area contributed by atoms with Gasteiger partial charge in [-0.1, -0.05) is 43.4 Å². The van der Waals surface area contributed by atoms with E-state index < -0.39 is 0 Å². The predicted octanol–water partition coefficient (Wildman–Crippen LogP) is 4.75. The first-order valence-corrected chi connectivity index (χ1v) is 11.5. The fraction of sp³-hybridized carbons (Fsp3) is 0.636. The molecule has 1 aromatic heterocycles. The van der Waals surface area contributed by atoms with Crippen LogP contribution in [-0.2, 0) is 4.79 Å². The number of methoxy groups -OCH3 is 1. The van der Waals surface area contributed by atoms with E-state index in [9.17, 15) is 4.79 Å². The lowest BCUT2D eigenvalue weighted by atomic mass is 9.94. The number of nitrogens with one attached hydrogen (secondary N) is 1. The molecule has 1 saturated carbocycles. The highest BCUT2D eigenvalue weighted by Crippen LogP contribution is 2.33. The van der Waals surface area contributed by atoms with Crippen LogP contribution >= 0.6 is 11.3 Å². The van der Waals surface area contributed by atoms with Crippen molar-refractivity contribution in [2.24, 2.45) is 5.92 Å². The van der Waals surface area contributed by atoms with Gasteiger partial charge in [0.05, 0.1) is 23.2 Å². The molecule has 2 aromatic rings. The Balaban J connectivity index is 1.40. The number of piperidine rings is 1. The van der Waals surface area contributed by atoms with Crippen LogP contribution in [0.3, 0.4) is 0 Å². The number of benzene rings is 1. The van der Waals surface area contributed by atoms with Crippen molar-refractivity contribution in [3.05, 3.63) is 18.2 Å². The lowest BCUT2D eigenvalue weighted by molar-refractivity contribution is -0.126. The zero-order valence-electron chi connectivity index (χ0n) is 16.8. The highest BCUT2D eigenvalue weighted by molar-refractivity contribution is 7.22. The summed E-state index contributed by atoms with van der Waals surface area (Å²) in [5.74, 6) is 1.18. The van der Waals surface area contributed by atoms with Crippen molar-refractivity contribution in [1.82, 2.24) is 10.3 Å². The van der Waals surface area contributed by atoms with Gasteiger partial charge in [0.15, 0.2) is 5.13 Å². The SMILES string of the molecule is COc1ccc2nc(N3CCC[C@H](C(=O)NC4CCCCCCC4)C3)sc2c1. The molecular formula is C22H31N3O2S. The smallest absolute Gasteiger partial charge is 0.225 e. The Morgan fingerprint density at radius 3 is 2.71 bits per heavy atom. The molecule has 1 aliphatic heterocycles. The van der Waals surface area contributed by atoms with Crippen molar-refractivity contribution in [2.75, 3.05) is 25.1 Å². The number of hydrogen-bond acceptors (Lipinski definition) is 5.